The molecule has 182 valence electrons. The minimum Gasteiger partial charge on any atom is -0.461 e. The Labute approximate surface area is 225 Å². The SMILES string of the molecule is Cc1ccc(NC(=O)c2csc(CSc3nnc(-c4ccco4)n3-c3ccc(Cl)c(Cl)c3)n2)cc1C. The number of halogens is 2. The Balaban J connectivity index is 1.35. The van der Waals surface area contributed by atoms with Crippen LogP contribution in [0.4, 0.5) is 5.69 Å². The van der Waals surface area contributed by atoms with Crippen LogP contribution < -0.4 is 5.32 Å². The molecule has 1 amide bonds. The zero-order chi connectivity index (χ0) is 25.2. The minimum absolute atomic E-state index is 0.246. The lowest BCUT2D eigenvalue weighted by Crippen LogP contribution is -2.12. The van der Waals surface area contributed by atoms with E-state index in [4.69, 9.17) is 27.6 Å². The fourth-order valence-corrected chi connectivity index (χ4v) is 5.44. The maximum absolute atomic E-state index is 12.7. The quantitative estimate of drug-likeness (QED) is 0.210. The van der Waals surface area contributed by atoms with Crippen LogP contribution in [0.3, 0.4) is 0 Å². The number of carbonyl (C=O) groups excluding carboxylic acids is 1. The molecule has 3 heterocycles. The zero-order valence-electron chi connectivity index (χ0n) is 19.2. The lowest BCUT2D eigenvalue weighted by atomic mass is 10.1. The van der Waals surface area contributed by atoms with Gasteiger partial charge in [-0.3, -0.25) is 9.36 Å². The second kappa shape index (κ2) is 10.5. The van der Waals surface area contributed by atoms with Crippen molar-refractivity contribution in [1.29, 1.82) is 0 Å². The molecule has 0 saturated heterocycles. The third kappa shape index (κ3) is 5.19. The zero-order valence-corrected chi connectivity index (χ0v) is 22.3. The highest BCUT2D eigenvalue weighted by atomic mass is 35.5. The van der Waals surface area contributed by atoms with E-state index in [2.05, 4.69) is 20.5 Å². The Kier molecular flexibility index (Phi) is 7.15. The summed E-state index contributed by atoms with van der Waals surface area (Å²) in [5, 5.41) is 15.6. The molecule has 2 aromatic carbocycles. The number of aryl methyl sites for hydroxylation is 2. The van der Waals surface area contributed by atoms with Crippen molar-refractivity contribution in [2.45, 2.75) is 24.8 Å². The number of aromatic nitrogens is 4. The van der Waals surface area contributed by atoms with Crippen LogP contribution in [0.1, 0.15) is 26.6 Å². The summed E-state index contributed by atoms with van der Waals surface area (Å²) in [6.45, 7) is 4.04. The van der Waals surface area contributed by atoms with Gasteiger partial charge in [-0.25, -0.2) is 4.98 Å². The Morgan fingerprint density at radius 3 is 2.69 bits per heavy atom. The van der Waals surface area contributed by atoms with Gasteiger partial charge in [0.05, 0.1) is 27.7 Å². The van der Waals surface area contributed by atoms with Crippen molar-refractivity contribution in [2.75, 3.05) is 5.32 Å². The van der Waals surface area contributed by atoms with Gasteiger partial charge in [0.1, 0.15) is 10.7 Å². The summed E-state index contributed by atoms with van der Waals surface area (Å²) in [6.07, 6.45) is 1.58. The molecule has 0 aliphatic carbocycles. The molecule has 0 fully saturated rings. The second-order valence-electron chi connectivity index (χ2n) is 7.89. The lowest BCUT2D eigenvalue weighted by molar-refractivity contribution is 0.102. The number of hydrogen-bond donors (Lipinski definition) is 1. The van der Waals surface area contributed by atoms with Crippen molar-refractivity contribution < 1.29 is 9.21 Å². The van der Waals surface area contributed by atoms with Crippen LogP contribution >= 0.6 is 46.3 Å². The van der Waals surface area contributed by atoms with Crippen LogP contribution in [0, 0.1) is 13.8 Å². The first-order valence-corrected chi connectivity index (χ1v) is 13.4. The molecule has 11 heteroatoms. The number of amides is 1. The lowest BCUT2D eigenvalue weighted by Gasteiger charge is -2.10. The van der Waals surface area contributed by atoms with Crippen molar-refractivity contribution in [3.8, 4) is 17.3 Å². The predicted octanol–water partition coefficient (Wildman–Crippen LogP) is 7.45. The smallest absolute Gasteiger partial charge is 0.275 e. The molecule has 7 nitrogen and oxygen atoms in total. The van der Waals surface area contributed by atoms with Gasteiger partial charge in [0.25, 0.3) is 5.91 Å². The highest BCUT2D eigenvalue weighted by molar-refractivity contribution is 7.98. The van der Waals surface area contributed by atoms with Gasteiger partial charge in [-0.2, -0.15) is 0 Å². The van der Waals surface area contributed by atoms with E-state index >= 15 is 0 Å². The predicted molar refractivity (Wildman–Crippen MR) is 145 cm³/mol. The minimum atomic E-state index is -0.246. The van der Waals surface area contributed by atoms with Crippen molar-refractivity contribution in [3.63, 3.8) is 0 Å². The first-order valence-electron chi connectivity index (χ1n) is 10.8. The summed E-state index contributed by atoms with van der Waals surface area (Å²) in [7, 11) is 0. The Bertz CT molecular complexity index is 1550. The van der Waals surface area contributed by atoms with E-state index in [0.717, 1.165) is 21.9 Å². The maximum atomic E-state index is 12.7. The third-order valence-electron chi connectivity index (χ3n) is 5.41. The number of benzene rings is 2. The summed E-state index contributed by atoms with van der Waals surface area (Å²) < 4.78 is 7.41. The Hall–Kier alpha value is -3.11. The number of hydrogen-bond acceptors (Lipinski definition) is 7. The van der Waals surface area contributed by atoms with E-state index in [1.165, 1.54) is 28.7 Å². The van der Waals surface area contributed by atoms with Crippen molar-refractivity contribution in [1.82, 2.24) is 19.7 Å². The fraction of sp³-hybridized carbons (Fsp3) is 0.120. The first-order chi connectivity index (χ1) is 17.4. The molecule has 0 bridgehead atoms. The molecule has 3 aromatic heterocycles. The van der Waals surface area contributed by atoms with Crippen LogP contribution in [0.15, 0.2) is 69.7 Å². The highest BCUT2D eigenvalue weighted by Crippen LogP contribution is 2.33. The number of rotatable bonds is 7. The summed E-state index contributed by atoms with van der Waals surface area (Å²) in [5.41, 5.74) is 4.15. The van der Waals surface area contributed by atoms with Gasteiger partial charge in [-0.15, -0.1) is 21.5 Å². The number of thioether (sulfide) groups is 1. The monoisotopic (exact) mass is 555 g/mol. The van der Waals surface area contributed by atoms with Crippen LogP contribution in [-0.2, 0) is 5.75 Å². The number of nitrogens with zero attached hydrogens (tertiary/aromatic N) is 4. The molecule has 0 unspecified atom stereocenters. The van der Waals surface area contributed by atoms with Gasteiger partial charge in [0.15, 0.2) is 10.9 Å². The number of nitrogens with one attached hydrogen (secondary N) is 1. The van der Waals surface area contributed by atoms with Crippen LogP contribution in [0.5, 0.6) is 0 Å². The fourth-order valence-electron chi connectivity index (χ4n) is 3.41. The van der Waals surface area contributed by atoms with E-state index < -0.39 is 0 Å². The van der Waals surface area contributed by atoms with E-state index in [9.17, 15) is 4.79 Å². The Morgan fingerprint density at radius 2 is 1.94 bits per heavy atom. The largest absolute Gasteiger partial charge is 0.461 e. The topological polar surface area (TPSA) is 85.8 Å². The third-order valence-corrected chi connectivity index (χ3v) is 8.12. The molecule has 0 aliphatic heterocycles. The van der Waals surface area contributed by atoms with E-state index in [0.29, 0.717) is 38.2 Å². The molecule has 0 radical (unpaired) electrons. The van der Waals surface area contributed by atoms with Gasteiger partial charge in [0, 0.05) is 11.1 Å². The van der Waals surface area contributed by atoms with E-state index in [-0.39, 0.29) is 5.91 Å². The number of anilines is 1. The molecule has 0 aliphatic rings. The molecular weight excluding hydrogens is 537 g/mol. The molecule has 5 rings (SSSR count). The highest BCUT2D eigenvalue weighted by Gasteiger charge is 2.20. The van der Waals surface area contributed by atoms with Crippen LogP contribution in [-0.4, -0.2) is 25.7 Å². The molecule has 5 aromatic rings. The van der Waals surface area contributed by atoms with Gasteiger partial charge in [-0.1, -0.05) is 41.0 Å². The summed E-state index contributed by atoms with van der Waals surface area (Å²) in [5.74, 6) is 1.36. The summed E-state index contributed by atoms with van der Waals surface area (Å²) in [6, 6.07) is 14.7. The van der Waals surface area contributed by atoms with Gasteiger partial charge in [-0.05, 0) is 67.4 Å². The van der Waals surface area contributed by atoms with E-state index in [1.54, 1.807) is 29.8 Å². The number of carbonyl (C=O) groups is 1. The molecule has 0 spiro atoms. The normalized spacial score (nSPS) is 11.1. The van der Waals surface area contributed by atoms with Crippen molar-refractivity contribution in [3.05, 3.63) is 92.0 Å². The Morgan fingerprint density at radius 1 is 1.08 bits per heavy atom. The number of furan rings is 1. The van der Waals surface area contributed by atoms with Crippen LogP contribution in [0.2, 0.25) is 10.0 Å². The standard InChI is InChI=1S/C25H19Cl2N5O2S2/c1-14-5-6-16(10-15(14)2)28-24(33)20-12-35-22(29-20)13-36-25-31-30-23(21-4-3-9-34-21)32(25)17-7-8-18(26)19(27)11-17/h3-12H,13H2,1-2H3,(H,28,33). The second-order valence-corrected chi connectivity index (χ2v) is 10.6. The van der Waals surface area contributed by atoms with Crippen molar-refractivity contribution in [2.24, 2.45) is 0 Å². The maximum Gasteiger partial charge on any atom is 0.275 e. The summed E-state index contributed by atoms with van der Waals surface area (Å²) in [4.78, 5) is 17.2. The molecular formula is C25H19Cl2N5O2S2. The van der Waals surface area contributed by atoms with Crippen molar-refractivity contribution >= 4 is 57.9 Å². The van der Waals surface area contributed by atoms with Gasteiger partial charge in [0.2, 0.25) is 5.82 Å². The molecule has 0 saturated carbocycles. The molecule has 36 heavy (non-hydrogen) atoms. The first kappa shape index (κ1) is 24.6. The average molecular weight is 557 g/mol. The van der Waals surface area contributed by atoms with Gasteiger partial charge < -0.3 is 9.73 Å². The van der Waals surface area contributed by atoms with E-state index in [1.807, 2.05) is 48.7 Å². The van der Waals surface area contributed by atoms with Crippen LogP contribution in [0.25, 0.3) is 17.3 Å². The average Bonchev–Trinajstić information content (AvgIpc) is 3.62. The number of thiazole rings is 1. The molecule has 1 N–H and O–H groups in total. The summed E-state index contributed by atoms with van der Waals surface area (Å²) >= 11 is 15.3. The van der Waals surface area contributed by atoms with Gasteiger partial charge >= 0.3 is 0 Å². The molecule has 0 atom stereocenters.